The molecule has 0 aliphatic rings. The number of benzene rings is 2. The highest BCUT2D eigenvalue weighted by Gasteiger charge is 2.12. The predicted molar refractivity (Wildman–Crippen MR) is 107 cm³/mol. The Balaban J connectivity index is 1.84. The van der Waals surface area contributed by atoms with Gasteiger partial charge in [-0.05, 0) is 54.8 Å². The first-order valence-corrected chi connectivity index (χ1v) is 9.06. The Labute approximate surface area is 157 Å². The molecule has 0 saturated carbocycles. The van der Waals surface area contributed by atoms with E-state index in [1.807, 2.05) is 37.3 Å². The quantitative estimate of drug-likeness (QED) is 0.648. The summed E-state index contributed by atoms with van der Waals surface area (Å²) in [4.78, 5) is 1.19. The van der Waals surface area contributed by atoms with Crippen LogP contribution in [0, 0.1) is 6.92 Å². The molecule has 0 aliphatic carbocycles. The van der Waals surface area contributed by atoms with Gasteiger partial charge in [0, 0.05) is 15.0 Å². The van der Waals surface area contributed by atoms with Crippen molar-refractivity contribution in [3.63, 3.8) is 0 Å². The third kappa shape index (κ3) is 3.63. The number of rotatable bonds is 6. The Morgan fingerprint density at radius 2 is 1.65 bits per heavy atom. The molecule has 1 heterocycles. The van der Waals surface area contributed by atoms with Gasteiger partial charge >= 0.3 is 0 Å². The Kier molecular flexibility index (Phi) is 5.38. The zero-order valence-electron chi connectivity index (χ0n) is 15.3. The lowest BCUT2D eigenvalue weighted by Gasteiger charge is -2.12. The van der Waals surface area contributed by atoms with Crippen molar-refractivity contribution in [2.75, 3.05) is 21.3 Å². The SMILES string of the molecule is COc1cc(/C=C/Cc2cc(O)c3cc(C)sc3c2)cc(OC)c1OC. The summed E-state index contributed by atoms with van der Waals surface area (Å²) in [6.45, 7) is 2.05. The lowest BCUT2D eigenvalue weighted by Crippen LogP contribution is -1.95. The molecule has 0 spiro atoms. The zero-order chi connectivity index (χ0) is 18.7. The second-order valence-electron chi connectivity index (χ2n) is 5.95. The van der Waals surface area contributed by atoms with Gasteiger partial charge in [0.25, 0.3) is 0 Å². The largest absolute Gasteiger partial charge is 0.507 e. The zero-order valence-corrected chi connectivity index (χ0v) is 16.1. The van der Waals surface area contributed by atoms with E-state index < -0.39 is 0 Å². The van der Waals surface area contributed by atoms with E-state index in [1.54, 1.807) is 32.7 Å². The minimum atomic E-state index is 0.336. The van der Waals surface area contributed by atoms with Crippen molar-refractivity contribution >= 4 is 27.5 Å². The number of thiophene rings is 1. The van der Waals surface area contributed by atoms with Crippen LogP contribution in [0.4, 0.5) is 0 Å². The highest BCUT2D eigenvalue weighted by molar-refractivity contribution is 7.19. The van der Waals surface area contributed by atoms with Gasteiger partial charge in [-0.15, -0.1) is 11.3 Å². The number of phenolic OH excluding ortho intramolecular Hbond substituents is 1. The molecule has 26 heavy (non-hydrogen) atoms. The van der Waals surface area contributed by atoms with E-state index in [9.17, 15) is 5.11 Å². The first-order chi connectivity index (χ1) is 12.5. The molecule has 0 saturated heterocycles. The molecule has 0 atom stereocenters. The second-order valence-corrected chi connectivity index (χ2v) is 7.24. The summed E-state index contributed by atoms with van der Waals surface area (Å²) in [7, 11) is 4.79. The number of phenols is 1. The summed E-state index contributed by atoms with van der Waals surface area (Å²) < 4.78 is 17.2. The summed E-state index contributed by atoms with van der Waals surface area (Å²) in [6, 6.07) is 9.79. The predicted octanol–water partition coefficient (Wildman–Crippen LogP) is 5.20. The maximum atomic E-state index is 10.2. The molecule has 3 rings (SSSR count). The summed E-state index contributed by atoms with van der Waals surface area (Å²) in [5.41, 5.74) is 2.03. The lowest BCUT2D eigenvalue weighted by atomic mass is 10.1. The Morgan fingerprint density at radius 1 is 0.962 bits per heavy atom. The summed E-state index contributed by atoms with van der Waals surface area (Å²) in [5.74, 6) is 2.16. The third-order valence-electron chi connectivity index (χ3n) is 4.15. The van der Waals surface area contributed by atoms with Crippen molar-refractivity contribution in [3.05, 3.63) is 52.4 Å². The average Bonchev–Trinajstić information content (AvgIpc) is 3.01. The summed E-state index contributed by atoms with van der Waals surface area (Å²) in [6.07, 6.45) is 4.78. The highest BCUT2D eigenvalue weighted by Crippen LogP contribution is 2.38. The van der Waals surface area contributed by atoms with Crippen molar-refractivity contribution in [1.29, 1.82) is 0 Å². The normalized spacial score (nSPS) is 11.2. The van der Waals surface area contributed by atoms with Crippen LogP contribution in [0.3, 0.4) is 0 Å². The fourth-order valence-electron chi connectivity index (χ4n) is 2.95. The fourth-order valence-corrected chi connectivity index (χ4v) is 3.96. The van der Waals surface area contributed by atoms with Crippen molar-refractivity contribution in [3.8, 4) is 23.0 Å². The van der Waals surface area contributed by atoms with Crippen LogP contribution in [0.5, 0.6) is 23.0 Å². The summed E-state index contributed by atoms with van der Waals surface area (Å²) >= 11 is 1.69. The maximum absolute atomic E-state index is 10.2. The Morgan fingerprint density at radius 3 is 2.27 bits per heavy atom. The van der Waals surface area contributed by atoms with Crippen molar-refractivity contribution in [2.24, 2.45) is 0 Å². The molecule has 0 bridgehead atoms. The molecule has 136 valence electrons. The van der Waals surface area contributed by atoms with Crippen LogP contribution in [-0.2, 0) is 6.42 Å². The van der Waals surface area contributed by atoms with E-state index in [1.165, 1.54) is 4.88 Å². The number of aromatic hydroxyl groups is 1. The highest BCUT2D eigenvalue weighted by atomic mass is 32.1. The van der Waals surface area contributed by atoms with Crippen molar-refractivity contribution in [1.82, 2.24) is 0 Å². The molecule has 0 radical (unpaired) electrons. The maximum Gasteiger partial charge on any atom is 0.203 e. The first kappa shape index (κ1) is 18.1. The molecule has 0 fully saturated rings. The van der Waals surface area contributed by atoms with Gasteiger partial charge in [-0.1, -0.05) is 12.2 Å². The molecule has 2 aromatic carbocycles. The molecule has 1 N–H and O–H groups in total. The van der Waals surface area contributed by atoms with Crippen molar-refractivity contribution in [2.45, 2.75) is 13.3 Å². The van der Waals surface area contributed by atoms with Gasteiger partial charge in [-0.25, -0.2) is 0 Å². The van der Waals surface area contributed by atoms with Crippen LogP contribution in [-0.4, -0.2) is 26.4 Å². The molecule has 5 heteroatoms. The number of allylic oxidation sites excluding steroid dienone is 1. The molecule has 0 aliphatic heterocycles. The minimum absolute atomic E-state index is 0.336. The van der Waals surface area contributed by atoms with Crippen LogP contribution >= 0.6 is 11.3 Å². The molecule has 0 amide bonds. The van der Waals surface area contributed by atoms with Crippen LogP contribution < -0.4 is 14.2 Å². The first-order valence-electron chi connectivity index (χ1n) is 8.24. The van der Waals surface area contributed by atoms with Gasteiger partial charge in [0.05, 0.1) is 21.3 Å². The molecule has 3 aromatic rings. The number of hydrogen-bond acceptors (Lipinski definition) is 5. The van der Waals surface area contributed by atoms with Gasteiger partial charge in [0.15, 0.2) is 11.5 Å². The van der Waals surface area contributed by atoms with Crippen molar-refractivity contribution < 1.29 is 19.3 Å². The number of methoxy groups -OCH3 is 3. The van der Waals surface area contributed by atoms with E-state index >= 15 is 0 Å². The Bertz CT molecular complexity index is 931. The van der Waals surface area contributed by atoms with Crippen LogP contribution in [0.2, 0.25) is 0 Å². The number of ether oxygens (including phenoxy) is 3. The third-order valence-corrected chi connectivity index (χ3v) is 5.15. The van der Waals surface area contributed by atoms with Crippen LogP contribution in [0.1, 0.15) is 16.0 Å². The van der Waals surface area contributed by atoms with Gasteiger partial charge in [0.2, 0.25) is 5.75 Å². The van der Waals surface area contributed by atoms with E-state index in [4.69, 9.17) is 14.2 Å². The number of fused-ring (bicyclic) bond motifs is 1. The number of aryl methyl sites for hydroxylation is 1. The average molecular weight is 370 g/mol. The van der Waals surface area contributed by atoms with E-state index in [0.717, 1.165) is 27.6 Å². The van der Waals surface area contributed by atoms with E-state index in [2.05, 4.69) is 12.1 Å². The van der Waals surface area contributed by atoms with Crippen LogP contribution in [0.25, 0.3) is 16.2 Å². The summed E-state index contributed by atoms with van der Waals surface area (Å²) in [5, 5.41) is 11.1. The van der Waals surface area contributed by atoms with Gasteiger partial charge in [-0.3, -0.25) is 0 Å². The van der Waals surface area contributed by atoms with Crippen LogP contribution in [0.15, 0.2) is 36.4 Å². The molecule has 1 aromatic heterocycles. The number of hydrogen-bond donors (Lipinski definition) is 1. The minimum Gasteiger partial charge on any atom is -0.507 e. The van der Waals surface area contributed by atoms with Gasteiger partial charge in [-0.2, -0.15) is 0 Å². The Hall–Kier alpha value is -2.66. The van der Waals surface area contributed by atoms with Gasteiger partial charge < -0.3 is 19.3 Å². The van der Waals surface area contributed by atoms with E-state index in [0.29, 0.717) is 23.0 Å². The molecular weight excluding hydrogens is 348 g/mol. The van der Waals surface area contributed by atoms with Gasteiger partial charge in [0.1, 0.15) is 5.75 Å². The molecular formula is C21H22O4S. The molecule has 0 unspecified atom stereocenters. The second kappa shape index (κ2) is 7.70. The fraction of sp³-hybridized carbons (Fsp3) is 0.238. The van der Waals surface area contributed by atoms with E-state index in [-0.39, 0.29) is 0 Å². The monoisotopic (exact) mass is 370 g/mol. The lowest BCUT2D eigenvalue weighted by molar-refractivity contribution is 0.324. The molecule has 4 nitrogen and oxygen atoms in total. The standard InChI is InChI=1S/C21H22O4S/c1-13-8-16-17(22)9-14(12-20(16)26-13)6-5-7-15-10-18(23-2)21(25-4)19(11-15)24-3/h5,7-12,22H,6H2,1-4H3/b7-5+. The topological polar surface area (TPSA) is 47.9 Å². The smallest absolute Gasteiger partial charge is 0.203 e.